The van der Waals surface area contributed by atoms with Crippen LogP contribution < -0.4 is 5.32 Å². The molecule has 0 aromatic carbocycles. The molecule has 1 fully saturated rings. The van der Waals surface area contributed by atoms with Crippen LogP contribution in [0.5, 0.6) is 0 Å². The summed E-state index contributed by atoms with van der Waals surface area (Å²) in [5, 5.41) is 56.9. The van der Waals surface area contributed by atoms with Gasteiger partial charge in [0.25, 0.3) is 0 Å². The average Bonchev–Trinajstić information content (AvgIpc) is 3.38. The summed E-state index contributed by atoms with van der Waals surface area (Å²) in [4.78, 5) is 26.5. The Balaban J connectivity index is 2.71. The number of aliphatic hydroxyl groups excluding tert-OH is 5. The van der Waals surface area contributed by atoms with Gasteiger partial charge >= 0.3 is 5.97 Å². The molecule has 0 aromatic heterocycles. The maximum absolute atomic E-state index is 13.4. The third-order valence-corrected chi connectivity index (χ3v) is 14.3. The third kappa shape index (κ3) is 37.6. The number of allylic oxidation sites excluding steroid dienone is 5. The number of rotatable bonds is 51. The van der Waals surface area contributed by atoms with Crippen molar-refractivity contribution < 1.29 is 49.3 Å². The Kier molecular flexibility index (Phi) is 46.9. The van der Waals surface area contributed by atoms with Gasteiger partial charge in [-0.1, -0.05) is 250 Å². The number of aliphatic hydroxyl groups is 5. The highest BCUT2D eigenvalue weighted by molar-refractivity contribution is 5.80. The Morgan fingerprint density at radius 1 is 0.542 bits per heavy atom. The summed E-state index contributed by atoms with van der Waals surface area (Å²) in [7, 11) is 0. The van der Waals surface area contributed by atoms with Crippen LogP contribution in [-0.4, -0.2) is 99.6 Å². The van der Waals surface area contributed by atoms with E-state index in [1.807, 2.05) is 6.08 Å². The fourth-order valence-corrected chi connectivity index (χ4v) is 9.45. The maximum Gasteiger partial charge on any atom is 0.306 e. The summed E-state index contributed by atoms with van der Waals surface area (Å²) in [6.07, 6.45) is 47.5. The van der Waals surface area contributed by atoms with Gasteiger partial charge in [-0.05, 0) is 57.8 Å². The first-order chi connectivity index (χ1) is 35.2. The zero-order valence-electron chi connectivity index (χ0n) is 46.6. The lowest BCUT2D eigenvalue weighted by atomic mass is 9.99. The second-order valence-electron chi connectivity index (χ2n) is 21.1. The molecule has 1 aliphatic heterocycles. The second kappa shape index (κ2) is 49.7. The van der Waals surface area contributed by atoms with Crippen molar-refractivity contribution in [3.63, 3.8) is 0 Å². The number of carbonyl (C=O) groups is 2. The number of unbranched alkanes of at least 4 members (excludes halogenated alkanes) is 33. The van der Waals surface area contributed by atoms with Crippen LogP contribution in [0.4, 0.5) is 0 Å². The summed E-state index contributed by atoms with van der Waals surface area (Å²) < 4.78 is 17.6. The molecular weight excluding hydrogens is 907 g/mol. The molecule has 1 saturated heterocycles. The summed E-state index contributed by atoms with van der Waals surface area (Å²) in [5.74, 6) is -1.19. The highest BCUT2D eigenvalue weighted by Crippen LogP contribution is 2.26. The molecule has 8 atom stereocenters. The first kappa shape index (κ1) is 67.9. The quantitative estimate of drug-likeness (QED) is 0.0195. The molecule has 8 unspecified atom stereocenters. The van der Waals surface area contributed by atoms with E-state index < -0.39 is 67.4 Å². The van der Waals surface area contributed by atoms with Crippen molar-refractivity contribution in [3.8, 4) is 0 Å². The summed E-state index contributed by atoms with van der Waals surface area (Å²) in [6, 6.07) is -1.02. The number of hydrogen-bond donors (Lipinski definition) is 6. The number of carbonyl (C=O) groups excluding carboxylic acids is 2. The molecule has 0 radical (unpaired) electrons. The van der Waals surface area contributed by atoms with Crippen LogP contribution >= 0.6 is 0 Å². The van der Waals surface area contributed by atoms with Crippen molar-refractivity contribution >= 4 is 11.9 Å². The van der Waals surface area contributed by atoms with Gasteiger partial charge in [0.1, 0.15) is 24.4 Å². The van der Waals surface area contributed by atoms with Crippen LogP contribution in [0.25, 0.3) is 0 Å². The van der Waals surface area contributed by atoms with E-state index in [-0.39, 0.29) is 19.4 Å². The molecular formula is C61H113NO10. The zero-order valence-corrected chi connectivity index (χ0v) is 46.6. The molecule has 1 rings (SSSR count). The molecule has 0 saturated carbocycles. The number of esters is 1. The fourth-order valence-electron chi connectivity index (χ4n) is 9.45. The number of hydrogen-bond acceptors (Lipinski definition) is 10. The third-order valence-electron chi connectivity index (χ3n) is 14.3. The predicted molar refractivity (Wildman–Crippen MR) is 297 cm³/mol. The standard InChI is InChI=1S/C61H113NO10/c1-4-7-10-13-16-19-22-25-27-29-30-33-36-39-42-45-48-54(65)60(69)62-52(53(64)47-44-41-38-35-32-24-21-18-15-12-9-6-3)51-70-61-59(58(68)57(67)55(50-63)71-61)72-56(66)49-46-43-40-37-34-31-28-26-23-20-17-14-11-8-5-2/h16,19,25,27,44,47,52-55,57-59,61,63-65,67-68H,4-15,17-18,20-24,26,28-43,45-46,48-51H2,1-3H3,(H,62,69)/b19-16-,27-25-,47-44+. The molecule has 1 aliphatic rings. The van der Waals surface area contributed by atoms with Crippen LogP contribution in [0, 0.1) is 0 Å². The van der Waals surface area contributed by atoms with Crippen LogP contribution in [0.15, 0.2) is 36.5 Å². The Morgan fingerprint density at radius 3 is 1.44 bits per heavy atom. The van der Waals surface area contributed by atoms with Crippen LogP contribution in [-0.2, 0) is 23.8 Å². The molecule has 422 valence electrons. The van der Waals surface area contributed by atoms with Crippen molar-refractivity contribution in [2.45, 2.75) is 327 Å². The molecule has 11 nitrogen and oxygen atoms in total. The van der Waals surface area contributed by atoms with Gasteiger partial charge < -0.3 is 45.1 Å². The van der Waals surface area contributed by atoms with Crippen LogP contribution in [0.2, 0.25) is 0 Å². The molecule has 6 N–H and O–H groups in total. The van der Waals surface area contributed by atoms with Gasteiger partial charge in [0, 0.05) is 6.42 Å². The van der Waals surface area contributed by atoms with Gasteiger partial charge in [-0.3, -0.25) is 9.59 Å². The van der Waals surface area contributed by atoms with Crippen molar-refractivity contribution in [1.29, 1.82) is 0 Å². The van der Waals surface area contributed by atoms with E-state index in [0.717, 1.165) is 83.5 Å². The molecule has 0 spiro atoms. The maximum atomic E-state index is 13.4. The molecule has 0 aromatic rings. The van der Waals surface area contributed by atoms with Crippen molar-refractivity contribution in [1.82, 2.24) is 5.32 Å². The summed E-state index contributed by atoms with van der Waals surface area (Å²) in [6.45, 7) is 5.77. The SMILES string of the molecule is CCCCC/C=C\C/C=C\CCCCCCCCC(O)C(=O)NC(COC1OC(CO)C(O)C(O)C1OC(=O)CCCCCCCCCCCCCCCCC)C(O)/C=C/CCCCCCCCCCCC. The van der Waals surface area contributed by atoms with E-state index >= 15 is 0 Å². The molecule has 11 heteroatoms. The minimum Gasteiger partial charge on any atom is -0.454 e. The lowest BCUT2D eigenvalue weighted by Gasteiger charge is -2.41. The van der Waals surface area contributed by atoms with Crippen molar-refractivity contribution in [2.24, 2.45) is 0 Å². The van der Waals surface area contributed by atoms with E-state index in [4.69, 9.17) is 14.2 Å². The Labute approximate surface area is 441 Å². The minimum absolute atomic E-state index is 0.127. The average molecular weight is 1020 g/mol. The largest absolute Gasteiger partial charge is 0.454 e. The molecule has 1 heterocycles. The highest BCUT2D eigenvalue weighted by atomic mass is 16.7. The highest BCUT2D eigenvalue weighted by Gasteiger charge is 2.47. The second-order valence-corrected chi connectivity index (χ2v) is 21.1. The number of nitrogens with one attached hydrogen (secondary N) is 1. The Bertz CT molecular complexity index is 1310. The van der Waals surface area contributed by atoms with E-state index in [1.54, 1.807) is 6.08 Å². The minimum atomic E-state index is -1.61. The number of ether oxygens (including phenoxy) is 3. The lowest BCUT2D eigenvalue weighted by Crippen LogP contribution is -2.61. The Hall–Kier alpha value is -2.12. The summed E-state index contributed by atoms with van der Waals surface area (Å²) >= 11 is 0. The van der Waals surface area contributed by atoms with Crippen LogP contribution in [0.1, 0.15) is 278 Å². The van der Waals surface area contributed by atoms with E-state index in [9.17, 15) is 35.1 Å². The molecule has 0 aliphatic carbocycles. The first-order valence-corrected chi connectivity index (χ1v) is 30.3. The zero-order chi connectivity index (χ0) is 52.5. The fraction of sp³-hybridized carbons (Fsp3) is 0.869. The van der Waals surface area contributed by atoms with Crippen LogP contribution in [0.3, 0.4) is 0 Å². The van der Waals surface area contributed by atoms with Gasteiger partial charge in [-0.25, -0.2) is 0 Å². The summed E-state index contributed by atoms with van der Waals surface area (Å²) in [5.41, 5.74) is 0. The Morgan fingerprint density at radius 2 is 0.958 bits per heavy atom. The van der Waals surface area contributed by atoms with Crippen molar-refractivity contribution in [3.05, 3.63) is 36.5 Å². The predicted octanol–water partition coefficient (Wildman–Crippen LogP) is 13.9. The monoisotopic (exact) mass is 1020 g/mol. The van der Waals surface area contributed by atoms with E-state index in [0.29, 0.717) is 12.8 Å². The van der Waals surface area contributed by atoms with Crippen molar-refractivity contribution in [2.75, 3.05) is 13.2 Å². The van der Waals surface area contributed by atoms with Gasteiger partial charge in [0.2, 0.25) is 5.91 Å². The first-order valence-electron chi connectivity index (χ1n) is 30.3. The van der Waals surface area contributed by atoms with Gasteiger partial charge in [-0.2, -0.15) is 0 Å². The van der Waals surface area contributed by atoms with Gasteiger partial charge in [0.05, 0.1) is 25.4 Å². The molecule has 1 amide bonds. The topological polar surface area (TPSA) is 175 Å². The smallest absolute Gasteiger partial charge is 0.306 e. The van der Waals surface area contributed by atoms with E-state index in [1.165, 1.54) is 148 Å². The lowest BCUT2D eigenvalue weighted by molar-refractivity contribution is -0.305. The van der Waals surface area contributed by atoms with Gasteiger partial charge in [-0.15, -0.1) is 0 Å². The normalized spacial score (nSPS) is 19.7. The van der Waals surface area contributed by atoms with E-state index in [2.05, 4.69) is 50.4 Å². The number of amides is 1. The van der Waals surface area contributed by atoms with Gasteiger partial charge in [0.15, 0.2) is 12.4 Å². The molecule has 0 bridgehead atoms. The molecule has 72 heavy (non-hydrogen) atoms.